The van der Waals surface area contributed by atoms with Gasteiger partial charge < -0.3 is 24.4 Å². The van der Waals surface area contributed by atoms with Gasteiger partial charge in [-0.25, -0.2) is 4.79 Å². The van der Waals surface area contributed by atoms with Crippen LogP contribution in [0.4, 0.5) is 36.8 Å². The minimum atomic E-state index is -5.77. The minimum Gasteiger partial charge on any atom is -0.428 e. The molecule has 2 rings (SSSR count). The van der Waals surface area contributed by atoms with E-state index in [4.69, 9.17) is 9.47 Å². The van der Waals surface area contributed by atoms with Crippen LogP contribution >= 0.6 is 0 Å². The van der Waals surface area contributed by atoms with E-state index in [1.54, 1.807) is 20.8 Å². The lowest BCUT2D eigenvalue weighted by Crippen LogP contribution is -2.52. The fourth-order valence-corrected chi connectivity index (χ4v) is 3.71. The summed E-state index contributed by atoms with van der Waals surface area (Å²) in [6.07, 6.45) is -16.9. The van der Waals surface area contributed by atoms with E-state index in [-0.39, 0.29) is 32.6 Å². The number of aryl methyl sites for hydroxylation is 1. The van der Waals surface area contributed by atoms with Crippen molar-refractivity contribution in [3.63, 3.8) is 0 Å². The van der Waals surface area contributed by atoms with Gasteiger partial charge in [-0.05, 0) is 51.3 Å². The molecule has 15 heteroatoms. The van der Waals surface area contributed by atoms with Gasteiger partial charge in [0.2, 0.25) is 6.79 Å². The summed E-state index contributed by atoms with van der Waals surface area (Å²) in [5.41, 5.74) is 1.92. The van der Waals surface area contributed by atoms with Crippen LogP contribution < -0.4 is 5.32 Å². The average molecular weight is 600 g/mol. The molecule has 9 nitrogen and oxygen atoms in total. The quantitative estimate of drug-likeness (QED) is 0.173. The molecular weight excluding hydrogens is 564 g/mol. The summed E-state index contributed by atoms with van der Waals surface area (Å²) in [6.45, 7) is 7.49. The number of anilines is 1. The number of halogens is 6. The maximum absolute atomic E-state index is 12.7. The lowest BCUT2D eigenvalue weighted by atomic mass is 9.98. The molecule has 0 bridgehead atoms. The molecule has 0 aromatic heterocycles. The summed E-state index contributed by atoms with van der Waals surface area (Å²) in [5, 5.41) is 3.25. The van der Waals surface area contributed by atoms with Crippen molar-refractivity contribution >= 4 is 23.7 Å². The molecule has 0 spiro atoms. The summed E-state index contributed by atoms with van der Waals surface area (Å²) in [4.78, 5) is 38.3. The number of piperazine rings is 1. The van der Waals surface area contributed by atoms with E-state index in [0.717, 1.165) is 21.7 Å². The highest BCUT2D eigenvalue weighted by atomic mass is 19.4. The number of hydrogen-bond donors (Lipinski definition) is 1. The third-order valence-corrected chi connectivity index (χ3v) is 6.00. The maximum Gasteiger partial charge on any atom is 0.434 e. The van der Waals surface area contributed by atoms with E-state index in [1.165, 1.54) is 0 Å². The molecule has 0 unspecified atom stereocenters. The van der Waals surface area contributed by atoms with Crippen molar-refractivity contribution in [1.29, 1.82) is 0 Å². The molecule has 1 heterocycles. The molecule has 1 aliphatic rings. The lowest BCUT2D eigenvalue weighted by Gasteiger charge is -2.35. The second-order valence-electron chi connectivity index (χ2n) is 10.6. The SMILES string of the molecule is Cc1ccc(CN2CCN(C(=O)OC(C(F)(F)F)C(F)(F)F)CC2)c(NCCCC(=O)OCOC(=O)C(C)(C)C)c1. The molecule has 0 radical (unpaired) electrons. The Morgan fingerprint density at radius 3 is 2.12 bits per heavy atom. The van der Waals surface area contributed by atoms with Crippen LogP contribution in [0.25, 0.3) is 0 Å². The Kier molecular flexibility index (Phi) is 11.7. The monoisotopic (exact) mass is 599 g/mol. The number of amides is 1. The predicted molar refractivity (Wildman–Crippen MR) is 135 cm³/mol. The Labute approximate surface area is 234 Å². The molecule has 232 valence electrons. The van der Waals surface area contributed by atoms with Crippen LogP contribution in [0, 0.1) is 12.3 Å². The molecule has 1 aliphatic heterocycles. The zero-order valence-corrected chi connectivity index (χ0v) is 23.3. The Morgan fingerprint density at radius 1 is 0.951 bits per heavy atom. The van der Waals surface area contributed by atoms with Crippen molar-refractivity contribution in [2.75, 3.05) is 44.8 Å². The molecule has 0 aliphatic carbocycles. The molecular formula is C26H35F6N3O6. The van der Waals surface area contributed by atoms with Gasteiger partial charge in [0.05, 0.1) is 5.41 Å². The van der Waals surface area contributed by atoms with Crippen molar-refractivity contribution in [3.8, 4) is 0 Å². The van der Waals surface area contributed by atoms with E-state index in [1.807, 2.05) is 30.0 Å². The van der Waals surface area contributed by atoms with E-state index in [9.17, 15) is 40.7 Å². The molecule has 1 amide bonds. The molecule has 0 saturated carbocycles. The smallest absolute Gasteiger partial charge is 0.428 e. The second-order valence-corrected chi connectivity index (χ2v) is 10.6. The number of rotatable bonds is 10. The van der Waals surface area contributed by atoms with Crippen LogP contribution in [-0.4, -0.2) is 85.8 Å². The zero-order chi connectivity index (χ0) is 31.0. The highest BCUT2D eigenvalue weighted by Crippen LogP contribution is 2.36. The summed E-state index contributed by atoms with van der Waals surface area (Å²) < 4.78 is 89.8. The van der Waals surface area contributed by atoms with Crippen molar-refractivity contribution in [2.45, 2.75) is 65.5 Å². The highest BCUT2D eigenvalue weighted by Gasteiger charge is 2.60. The van der Waals surface area contributed by atoms with Gasteiger partial charge in [0.15, 0.2) is 0 Å². The van der Waals surface area contributed by atoms with Crippen LogP contribution in [0.3, 0.4) is 0 Å². The number of carbonyl (C=O) groups is 3. The first-order valence-electron chi connectivity index (χ1n) is 12.9. The van der Waals surface area contributed by atoms with Crippen LogP contribution in [0.5, 0.6) is 0 Å². The summed E-state index contributed by atoms with van der Waals surface area (Å²) in [7, 11) is 0. The van der Waals surface area contributed by atoms with Gasteiger partial charge in [0.25, 0.3) is 6.10 Å². The molecule has 1 aromatic carbocycles. The number of esters is 2. The Morgan fingerprint density at radius 2 is 1.56 bits per heavy atom. The van der Waals surface area contributed by atoms with Crippen LogP contribution in [0.1, 0.15) is 44.7 Å². The number of alkyl halides is 6. The van der Waals surface area contributed by atoms with Crippen molar-refractivity contribution in [3.05, 3.63) is 29.3 Å². The van der Waals surface area contributed by atoms with Crippen LogP contribution in [0.15, 0.2) is 18.2 Å². The minimum absolute atomic E-state index is 0.0861. The molecule has 1 N–H and O–H groups in total. The molecule has 1 saturated heterocycles. The molecule has 1 fully saturated rings. The van der Waals surface area contributed by atoms with Crippen LogP contribution in [0.2, 0.25) is 0 Å². The van der Waals surface area contributed by atoms with Gasteiger partial charge in [-0.1, -0.05) is 12.1 Å². The summed E-state index contributed by atoms with van der Waals surface area (Å²) in [6, 6.07) is 5.67. The number of carbonyl (C=O) groups excluding carboxylic acids is 3. The second kappa shape index (κ2) is 14.1. The largest absolute Gasteiger partial charge is 0.434 e. The number of ether oxygens (including phenoxy) is 3. The van der Waals surface area contributed by atoms with Crippen molar-refractivity contribution in [1.82, 2.24) is 9.80 Å². The van der Waals surface area contributed by atoms with E-state index < -0.39 is 48.7 Å². The first-order chi connectivity index (χ1) is 18.9. The van der Waals surface area contributed by atoms with Crippen molar-refractivity contribution < 1.29 is 54.9 Å². The fraction of sp³-hybridized carbons (Fsp3) is 0.654. The Balaban J connectivity index is 1.82. The number of hydrogen-bond acceptors (Lipinski definition) is 8. The lowest BCUT2D eigenvalue weighted by molar-refractivity contribution is -0.308. The third kappa shape index (κ3) is 11.3. The third-order valence-electron chi connectivity index (χ3n) is 6.00. The molecule has 41 heavy (non-hydrogen) atoms. The topological polar surface area (TPSA) is 97.4 Å². The molecule has 0 atom stereocenters. The highest BCUT2D eigenvalue weighted by molar-refractivity contribution is 5.75. The normalized spacial score (nSPS) is 15.0. The zero-order valence-electron chi connectivity index (χ0n) is 23.3. The van der Waals surface area contributed by atoms with Gasteiger partial charge in [-0.15, -0.1) is 0 Å². The Bertz CT molecular complexity index is 1040. The van der Waals surface area contributed by atoms with Gasteiger partial charge in [-0.2, -0.15) is 26.3 Å². The number of benzene rings is 1. The first kappa shape index (κ1) is 34.0. The van der Waals surface area contributed by atoms with Crippen LogP contribution in [-0.2, 0) is 30.3 Å². The van der Waals surface area contributed by atoms with E-state index in [0.29, 0.717) is 19.5 Å². The van der Waals surface area contributed by atoms with Gasteiger partial charge in [-0.3, -0.25) is 14.5 Å². The van der Waals surface area contributed by atoms with E-state index in [2.05, 4.69) is 10.1 Å². The maximum atomic E-state index is 12.7. The molecule has 1 aromatic rings. The number of nitrogens with zero attached hydrogens (tertiary/aromatic N) is 2. The van der Waals surface area contributed by atoms with Gasteiger partial charge in [0, 0.05) is 51.4 Å². The van der Waals surface area contributed by atoms with Gasteiger partial charge in [0.1, 0.15) is 0 Å². The summed E-state index contributed by atoms with van der Waals surface area (Å²) in [5.74, 6) is -1.01. The average Bonchev–Trinajstić information content (AvgIpc) is 2.85. The first-order valence-corrected chi connectivity index (χ1v) is 12.9. The number of nitrogens with one attached hydrogen (secondary N) is 1. The van der Waals surface area contributed by atoms with Gasteiger partial charge >= 0.3 is 30.4 Å². The van der Waals surface area contributed by atoms with Crippen molar-refractivity contribution in [2.24, 2.45) is 5.41 Å². The Hall–Kier alpha value is -3.23. The standard InChI is InChI=1S/C26H35F6N3O6/c1-17-7-8-18(19(14-17)33-9-5-6-20(36)39-16-40-22(37)24(2,3)4)15-34-10-12-35(13-11-34)23(38)41-21(25(27,28)29)26(30,31)32/h7-8,14,21,33H,5-6,9-13,15-16H2,1-4H3. The van der Waals surface area contributed by atoms with E-state index >= 15 is 0 Å². The fourth-order valence-electron chi connectivity index (χ4n) is 3.71. The summed E-state index contributed by atoms with van der Waals surface area (Å²) >= 11 is 0. The predicted octanol–water partition coefficient (Wildman–Crippen LogP) is 5.02.